The summed E-state index contributed by atoms with van der Waals surface area (Å²) in [6.07, 6.45) is -28.0. The summed E-state index contributed by atoms with van der Waals surface area (Å²) < 4.78 is 114. The molecule has 3 N–H and O–H groups in total. The third-order valence-electron chi connectivity index (χ3n) is 16.7. The largest absolute Gasteiger partial charge is 0.508 e. The lowest BCUT2D eigenvalue weighted by atomic mass is 9.79. The first-order chi connectivity index (χ1) is 46.0. The molecular formula is C66H81N3O26. The molecule has 1 saturated carbocycles. The zero-order valence-corrected chi connectivity index (χ0v) is 53.7. The summed E-state index contributed by atoms with van der Waals surface area (Å²) >= 11 is 0. The third-order valence-corrected chi connectivity index (χ3v) is 16.7. The van der Waals surface area contributed by atoms with Crippen LogP contribution in [0.25, 0.3) is 0 Å². The van der Waals surface area contributed by atoms with Crippen LogP contribution in [-0.2, 0) is 110 Å². The molecule has 29 nitrogen and oxygen atoms in total. The molecule has 4 saturated heterocycles. The van der Waals surface area contributed by atoms with Crippen molar-refractivity contribution in [2.45, 2.75) is 177 Å². The number of nitrogens with one attached hydrogen (secondary N) is 3. The smallest absolute Gasteiger partial charge is 0.445 e. The monoisotopic (exact) mass is 1330 g/mol. The Bertz CT molecular complexity index is 3120. The van der Waals surface area contributed by atoms with Gasteiger partial charge in [0.1, 0.15) is 50.3 Å². The lowest BCUT2D eigenvalue weighted by molar-refractivity contribution is -0.353. The highest BCUT2D eigenvalue weighted by molar-refractivity contribution is 5.69. The maximum Gasteiger partial charge on any atom is 0.508 e. The molecule has 4 aromatic carbocycles. The quantitative estimate of drug-likeness (QED) is 0.0491. The van der Waals surface area contributed by atoms with E-state index in [1.807, 2.05) is 55.5 Å². The predicted octanol–water partition coefficient (Wildman–Crippen LogP) is 8.42. The molecule has 4 heterocycles. The van der Waals surface area contributed by atoms with Crippen LogP contribution < -0.4 is 16.0 Å². The SMILES string of the molecule is CC[C@@H]1O[C@H](O[C@H]2[C@@H](OC(=O)OC)[C@H](O[C@@H]3[C@@H](OC(=O)OC)[C@H](NC(=O)OCc4ccccc4)C[C@H](C)[C@H]3O[C@H]3O[C@@H]4COC(c5ccccc5)O[C@H]4[C@H](C)[C@H]3NC(=O)OCc3ccccc3)O[C@@H]2CC)[C@H](NC(=O)OCc2ccccc2)[C@@H](OC(=O)OC)[C@@H]1OC(=O)OC. The molecule has 4 aromatic rings. The van der Waals surface area contributed by atoms with Gasteiger partial charge in [0.15, 0.2) is 49.6 Å². The van der Waals surface area contributed by atoms with Crippen molar-refractivity contribution in [2.75, 3.05) is 35.0 Å². The summed E-state index contributed by atoms with van der Waals surface area (Å²) in [6.45, 7) is 6.55. The second-order valence-corrected chi connectivity index (χ2v) is 22.9. The lowest BCUT2D eigenvalue weighted by Crippen LogP contribution is -2.67. The molecule has 0 radical (unpaired) electrons. The average Bonchev–Trinajstić information content (AvgIpc) is 1.61. The van der Waals surface area contributed by atoms with E-state index in [0.29, 0.717) is 16.7 Å². The van der Waals surface area contributed by atoms with Gasteiger partial charge in [0.05, 0.1) is 65.4 Å². The summed E-state index contributed by atoms with van der Waals surface area (Å²) in [5.41, 5.74) is 2.74. The molecule has 29 heteroatoms. The van der Waals surface area contributed by atoms with E-state index in [1.165, 1.54) is 0 Å². The van der Waals surface area contributed by atoms with Crippen LogP contribution in [-0.4, -0.2) is 182 Å². The van der Waals surface area contributed by atoms with E-state index < -0.39 is 165 Å². The third kappa shape index (κ3) is 18.5. The van der Waals surface area contributed by atoms with Gasteiger partial charge in [0.2, 0.25) is 0 Å². The zero-order chi connectivity index (χ0) is 67.5. The molecule has 1 aliphatic carbocycles. The van der Waals surface area contributed by atoms with Gasteiger partial charge in [0.25, 0.3) is 0 Å². The molecule has 95 heavy (non-hydrogen) atoms. The predicted molar refractivity (Wildman–Crippen MR) is 324 cm³/mol. The van der Waals surface area contributed by atoms with Gasteiger partial charge in [-0.3, -0.25) is 0 Å². The van der Waals surface area contributed by atoms with E-state index in [9.17, 15) is 33.6 Å². The zero-order valence-electron chi connectivity index (χ0n) is 53.7. The Balaban J connectivity index is 1.08. The first-order valence-electron chi connectivity index (χ1n) is 31.2. The van der Waals surface area contributed by atoms with Crippen molar-refractivity contribution in [1.29, 1.82) is 0 Å². The van der Waals surface area contributed by atoms with Gasteiger partial charge in [-0.05, 0) is 41.9 Å². The van der Waals surface area contributed by atoms with Crippen LogP contribution in [0.15, 0.2) is 121 Å². The van der Waals surface area contributed by atoms with Crippen LogP contribution in [0.4, 0.5) is 33.6 Å². The van der Waals surface area contributed by atoms with E-state index in [-0.39, 0.29) is 45.7 Å². The number of amides is 3. The number of rotatable bonds is 22. The Hall–Kier alpha value is -8.55. The standard InChI is InChI=1S/C66H81N3O26/c1-9-43-51(93-64(74)78-6)53(94-65(75)79-7)47(69-62(72)84-34-40-27-19-13-20-28-40)58(85-43)90-52-44(10-2)86-59(55(52)95-66(76)80-8)91-54-48(36(3)31-42(50(54)92-63(73)77-5)67-60(70)82-32-38-23-15-11-16-24-38)88-57-46(68-61(71)83-33-39-25-17-12-18-26-39)37(4)49-45(87-57)35-81-56(89-49)41-29-21-14-22-30-41/h11-30,36-37,42-59H,9-10,31-35H2,1-8H3,(H,67,70)(H,68,71)(H,69,72)/t36-,37+,42+,43-,44+,45+,46+,47+,48+,49-,50-,51+,52+,53+,54-,55+,56?,57+,58+,59-/m0/s1. The number of methoxy groups -OCH3 is 4. The first kappa shape index (κ1) is 70.8. The molecule has 9 rings (SSSR count). The fourth-order valence-electron chi connectivity index (χ4n) is 12.0. The van der Waals surface area contributed by atoms with E-state index in [2.05, 4.69) is 16.0 Å². The summed E-state index contributed by atoms with van der Waals surface area (Å²) in [7, 11) is 4.22. The number of hydrogen-bond donors (Lipinski definition) is 3. The second-order valence-electron chi connectivity index (χ2n) is 22.9. The fourth-order valence-corrected chi connectivity index (χ4v) is 12.0. The molecular weight excluding hydrogens is 1250 g/mol. The van der Waals surface area contributed by atoms with Crippen molar-refractivity contribution in [3.05, 3.63) is 144 Å². The van der Waals surface area contributed by atoms with Gasteiger partial charge in [0, 0.05) is 11.5 Å². The van der Waals surface area contributed by atoms with Crippen LogP contribution >= 0.6 is 0 Å². The maximum absolute atomic E-state index is 14.1. The Morgan fingerprint density at radius 3 is 1.38 bits per heavy atom. The number of hydrogen-bond acceptors (Lipinski definition) is 26. The Morgan fingerprint density at radius 2 is 0.863 bits per heavy atom. The number of carbonyl (C=O) groups excluding carboxylic acids is 7. The average molecular weight is 1330 g/mol. The lowest BCUT2D eigenvalue weighted by Gasteiger charge is -2.51. The molecule has 516 valence electrons. The van der Waals surface area contributed by atoms with Crippen molar-refractivity contribution in [1.82, 2.24) is 16.0 Å². The highest BCUT2D eigenvalue weighted by Crippen LogP contribution is 2.43. The molecule has 4 aliphatic heterocycles. The molecule has 20 atom stereocenters. The van der Waals surface area contributed by atoms with Crippen molar-refractivity contribution in [3.63, 3.8) is 0 Å². The maximum atomic E-state index is 14.1. The Kier molecular flexibility index (Phi) is 25.5. The highest BCUT2D eigenvalue weighted by atomic mass is 16.8. The van der Waals surface area contributed by atoms with Gasteiger partial charge in [-0.2, -0.15) is 0 Å². The van der Waals surface area contributed by atoms with E-state index in [0.717, 1.165) is 34.0 Å². The van der Waals surface area contributed by atoms with Crippen molar-refractivity contribution in [3.8, 4) is 0 Å². The molecule has 3 amide bonds. The van der Waals surface area contributed by atoms with Gasteiger partial charge in [-0.15, -0.1) is 0 Å². The summed E-state index contributed by atoms with van der Waals surface area (Å²) in [5, 5.41) is 8.46. The minimum atomic E-state index is -1.77. The Morgan fingerprint density at radius 1 is 0.442 bits per heavy atom. The van der Waals surface area contributed by atoms with Crippen LogP contribution in [0.3, 0.4) is 0 Å². The highest BCUT2D eigenvalue weighted by Gasteiger charge is 2.59. The Labute approximate surface area is 548 Å². The van der Waals surface area contributed by atoms with E-state index in [4.69, 9.17) is 90.0 Å². The number of ether oxygens (including phenoxy) is 19. The van der Waals surface area contributed by atoms with Crippen LogP contribution in [0.1, 0.15) is 75.5 Å². The van der Waals surface area contributed by atoms with E-state index >= 15 is 0 Å². The molecule has 0 bridgehead atoms. The second kappa shape index (κ2) is 34.2. The minimum absolute atomic E-state index is 0.00460. The topological polar surface area (TPSA) is 331 Å². The van der Waals surface area contributed by atoms with Crippen molar-refractivity contribution >= 4 is 42.9 Å². The van der Waals surface area contributed by atoms with Gasteiger partial charge in [-0.25, -0.2) is 33.6 Å². The fraction of sp³-hybridized carbons (Fsp3) is 0.530. The normalized spacial score (nSPS) is 30.9. The first-order valence-corrected chi connectivity index (χ1v) is 31.2. The van der Waals surface area contributed by atoms with Crippen LogP contribution in [0.5, 0.6) is 0 Å². The van der Waals surface area contributed by atoms with Crippen LogP contribution in [0, 0.1) is 11.8 Å². The van der Waals surface area contributed by atoms with Crippen molar-refractivity contribution in [2.24, 2.45) is 11.8 Å². The molecule has 0 aromatic heterocycles. The minimum Gasteiger partial charge on any atom is -0.445 e. The number of fused-ring (bicyclic) bond motifs is 1. The van der Waals surface area contributed by atoms with E-state index in [1.54, 1.807) is 93.6 Å². The molecule has 5 aliphatic rings. The van der Waals surface area contributed by atoms with Gasteiger partial charge < -0.3 is 106 Å². The molecule has 1 unspecified atom stereocenters. The number of benzene rings is 4. The van der Waals surface area contributed by atoms with Crippen LogP contribution in [0.2, 0.25) is 0 Å². The summed E-state index contributed by atoms with van der Waals surface area (Å²) in [4.78, 5) is 95.4. The molecule has 5 fully saturated rings. The van der Waals surface area contributed by atoms with Gasteiger partial charge >= 0.3 is 42.9 Å². The van der Waals surface area contributed by atoms with Gasteiger partial charge in [-0.1, -0.05) is 149 Å². The summed E-state index contributed by atoms with van der Waals surface area (Å²) in [5.74, 6) is -1.33. The number of carbonyl (C=O) groups is 7. The number of alkyl carbamates (subject to hydrolysis) is 3. The summed E-state index contributed by atoms with van der Waals surface area (Å²) in [6, 6.07) is 32.1. The van der Waals surface area contributed by atoms with Crippen molar-refractivity contribution < 1.29 is 124 Å². The molecule has 0 spiro atoms.